The number of nitrogens with zero attached hydrogens (tertiary/aromatic N) is 1. The molecule has 0 atom stereocenters. The summed E-state index contributed by atoms with van der Waals surface area (Å²) in [5, 5.41) is 9.19. The Kier molecular flexibility index (Phi) is 3.89. The van der Waals surface area contributed by atoms with E-state index >= 15 is 0 Å². The number of carboxylic acids is 1. The number of methoxy groups -OCH3 is 1. The number of hydrogen-bond donors (Lipinski definition) is 1. The standard InChI is InChI=1S/C15H14FNO3/c1-17(12-8-3-4-9-13(12)20-2)14-10(15(18)19)6-5-7-11(14)16/h3-9H,1-2H3,(H,18,19). The fraction of sp³-hybridized carbons (Fsp3) is 0.133. The largest absolute Gasteiger partial charge is 0.495 e. The van der Waals surface area contributed by atoms with Crippen molar-refractivity contribution in [1.82, 2.24) is 0 Å². The van der Waals surface area contributed by atoms with E-state index < -0.39 is 11.8 Å². The Labute approximate surface area is 116 Å². The molecule has 2 aromatic rings. The summed E-state index contributed by atoms with van der Waals surface area (Å²) in [6, 6.07) is 11.0. The molecule has 0 saturated carbocycles. The lowest BCUT2D eigenvalue weighted by molar-refractivity contribution is 0.0697. The number of hydrogen-bond acceptors (Lipinski definition) is 3. The van der Waals surface area contributed by atoms with Gasteiger partial charge in [0.05, 0.1) is 24.0 Å². The first-order chi connectivity index (χ1) is 9.56. The maximum Gasteiger partial charge on any atom is 0.337 e. The highest BCUT2D eigenvalue weighted by Gasteiger charge is 2.20. The van der Waals surface area contributed by atoms with Gasteiger partial charge in [-0.25, -0.2) is 9.18 Å². The number of benzene rings is 2. The van der Waals surface area contributed by atoms with Gasteiger partial charge in [0.2, 0.25) is 0 Å². The smallest absolute Gasteiger partial charge is 0.337 e. The molecule has 0 aliphatic rings. The molecule has 0 saturated heterocycles. The summed E-state index contributed by atoms with van der Waals surface area (Å²) in [5.41, 5.74) is 0.491. The zero-order valence-electron chi connectivity index (χ0n) is 11.1. The van der Waals surface area contributed by atoms with Crippen LogP contribution in [-0.2, 0) is 0 Å². The number of aromatic carboxylic acids is 1. The van der Waals surface area contributed by atoms with Crippen molar-refractivity contribution in [2.24, 2.45) is 0 Å². The zero-order valence-corrected chi connectivity index (χ0v) is 11.1. The molecule has 20 heavy (non-hydrogen) atoms. The number of para-hydroxylation sites is 3. The minimum atomic E-state index is -1.18. The number of halogens is 1. The van der Waals surface area contributed by atoms with Crippen molar-refractivity contribution in [3.63, 3.8) is 0 Å². The fourth-order valence-corrected chi connectivity index (χ4v) is 2.06. The predicted octanol–water partition coefficient (Wildman–Crippen LogP) is 3.30. The van der Waals surface area contributed by atoms with Crippen LogP contribution in [-0.4, -0.2) is 25.2 Å². The summed E-state index contributed by atoms with van der Waals surface area (Å²) in [5.74, 6) is -1.24. The van der Waals surface area contributed by atoms with E-state index in [4.69, 9.17) is 4.74 Å². The van der Waals surface area contributed by atoms with E-state index in [-0.39, 0.29) is 11.3 Å². The van der Waals surface area contributed by atoms with Crippen LogP contribution < -0.4 is 9.64 Å². The summed E-state index contributed by atoms with van der Waals surface area (Å²) in [7, 11) is 3.11. The molecule has 5 heteroatoms. The summed E-state index contributed by atoms with van der Waals surface area (Å²) < 4.78 is 19.3. The number of ether oxygens (including phenoxy) is 1. The van der Waals surface area contributed by atoms with Crippen LogP contribution in [0.15, 0.2) is 42.5 Å². The minimum Gasteiger partial charge on any atom is -0.495 e. The van der Waals surface area contributed by atoms with Crippen LogP contribution in [0.25, 0.3) is 0 Å². The molecule has 0 unspecified atom stereocenters. The highest BCUT2D eigenvalue weighted by Crippen LogP contribution is 2.35. The number of anilines is 2. The summed E-state index contributed by atoms with van der Waals surface area (Å²) >= 11 is 0. The number of rotatable bonds is 4. The van der Waals surface area contributed by atoms with Gasteiger partial charge in [0, 0.05) is 7.05 Å². The van der Waals surface area contributed by atoms with Gasteiger partial charge in [-0.2, -0.15) is 0 Å². The molecular formula is C15H14FNO3. The molecule has 0 fully saturated rings. The quantitative estimate of drug-likeness (QED) is 0.930. The lowest BCUT2D eigenvalue weighted by Gasteiger charge is -2.23. The Morgan fingerprint density at radius 3 is 2.55 bits per heavy atom. The Bertz CT molecular complexity index is 643. The Balaban J connectivity index is 2.59. The van der Waals surface area contributed by atoms with Crippen LogP contribution >= 0.6 is 0 Å². The normalized spacial score (nSPS) is 10.2. The van der Waals surface area contributed by atoms with Gasteiger partial charge in [-0.3, -0.25) is 0 Å². The highest BCUT2D eigenvalue weighted by molar-refractivity contribution is 5.96. The van der Waals surface area contributed by atoms with Gasteiger partial charge in [0.25, 0.3) is 0 Å². The van der Waals surface area contributed by atoms with E-state index in [2.05, 4.69) is 0 Å². The van der Waals surface area contributed by atoms with Crippen molar-refractivity contribution in [2.45, 2.75) is 0 Å². The van der Waals surface area contributed by atoms with Crippen molar-refractivity contribution < 1.29 is 19.0 Å². The molecule has 0 amide bonds. The zero-order chi connectivity index (χ0) is 14.7. The van der Waals surface area contributed by atoms with Crippen LogP contribution in [0.2, 0.25) is 0 Å². The van der Waals surface area contributed by atoms with Gasteiger partial charge in [-0.15, -0.1) is 0 Å². The van der Waals surface area contributed by atoms with Crippen LogP contribution in [0.3, 0.4) is 0 Å². The lowest BCUT2D eigenvalue weighted by Crippen LogP contribution is -2.16. The summed E-state index contributed by atoms with van der Waals surface area (Å²) in [6.07, 6.45) is 0. The third-order valence-electron chi connectivity index (χ3n) is 3.00. The summed E-state index contributed by atoms with van der Waals surface area (Å²) in [6.45, 7) is 0. The van der Waals surface area contributed by atoms with Gasteiger partial charge >= 0.3 is 5.97 Å². The summed E-state index contributed by atoms with van der Waals surface area (Å²) in [4.78, 5) is 12.7. The lowest BCUT2D eigenvalue weighted by atomic mass is 10.1. The van der Waals surface area contributed by atoms with E-state index in [0.29, 0.717) is 11.4 Å². The number of carboxylic acid groups (broad SMARTS) is 1. The second kappa shape index (κ2) is 5.61. The molecular weight excluding hydrogens is 261 g/mol. The average Bonchev–Trinajstić information content (AvgIpc) is 2.46. The van der Waals surface area contributed by atoms with Gasteiger partial charge in [0.1, 0.15) is 11.6 Å². The van der Waals surface area contributed by atoms with Crippen molar-refractivity contribution in [3.05, 3.63) is 53.8 Å². The molecule has 0 aromatic heterocycles. The van der Waals surface area contributed by atoms with E-state index in [0.717, 1.165) is 0 Å². The predicted molar refractivity (Wildman–Crippen MR) is 74.4 cm³/mol. The first-order valence-electron chi connectivity index (χ1n) is 5.94. The molecule has 1 N–H and O–H groups in total. The number of carbonyl (C=O) groups is 1. The molecule has 2 rings (SSSR count). The third kappa shape index (κ3) is 2.42. The Hall–Kier alpha value is -2.56. The molecule has 0 aliphatic carbocycles. The molecule has 0 radical (unpaired) electrons. The van der Waals surface area contributed by atoms with Crippen molar-refractivity contribution >= 4 is 17.3 Å². The molecule has 0 aliphatic heterocycles. The third-order valence-corrected chi connectivity index (χ3v) is 3.00. The Morgan fingerprint density at radius 1 is 1.20 bits per heavy atom. The molecule has 2 aromatic carbocycles. The first kappa shape index (κ1) is 13.9. The monoisotopic (exact) mass is 275 g/mol. The molecule has 104 valence electrons. The average molecular weight is 275 g/mol. The van der Waals surface area contributed by atoms with E-state index in [1.807, 2.05) is 0 Å². The van der Waals surface area contributed by atoms with Crippen LogP contribution in [0.4, 0.5) is 15.8 Å². The van der Waals surface area contributed by atoms with Gasteiger partial charge in [-0.1, -0.05) is 18.2 Å². The van der Waals surface area contributed by atoms with Crippen LogP contribution in [0, 0.1) is 5.82 Å². The highest BCUT2D eigenvalue weighted by atomic mass is 19.1. The van der Waals surface area contributed by atoms with E-state index in [9.17, 15) is 14.3 Å². The second-order valence-electron chi connectivity index (χ2n) is 4.17. The van der Waals surface area contributed by atoms with E-state index in [1.54, 1.807) is 31.3 Å². The van der Waals surface area contributed by atoms with Crippen molar-refractivity contribution in [1.29, 1.82) is 0 Å². The van der Waals surface area contributed by atoms with Gasteiger partial charge in [0.15, 0.2) is 0 Å². The fourth-order valence-electron chi connectivity index (χ4n) is 2.06. The molecule has 0 bridgehead atoms. The van der Waals surface area contributed by atoms with Crippen LogP contribution in [0.5, 0.6) is 5.75 Å². The minimum absolute atomic E-state index is 0.00417. The first-order valence-corrected chi connectivity index (χ1v) is 5.94. The topological polar surface area (TPSA) is 49.8 Å². The molecule has 0 spiro atoms. The van der Waals surface area contributed by atoms with Crippen LogP contribution in [0.1, 0.15) is 10.4 Å². The van der Waals surface area contributed by atoms with Crippen molar-refractivity contribution in [2.75, 3.05) is 19.1 Å². The van der Waals surface area contributed by atoms with E-state index in [1.165, 1.54) is 30.2 Å². The maximum atomic E-state index is 14.0. The van der Waals surface area contributed by atoms with Gasteiger partial charge < -0.3 is 14.7 Å². The van der Waals surface area contributed by atoms with Crippen molar-refractivity contribution in [3.8, 4) is 5.75 Å². The molecule has 0 heterocycles. The Morgan fingerprint density at radius 2 is 1.90 bits per heavy atom. The maximum absolute atomic E-state index is 14.0. The SMILES string of the molecule is COc1ccccc1N(C)c1c(F)cccc1C(=O)O. The second-order valence-corrected chi connectivity index (χ2v) is 4.17. The van der Waals surface area contributed by atoms with Gasteiger partial charge in [-0.05, 0) is 24.3 Å². The molecule has 4 nitrogen and oxygen atoms in total.